The second-order valence-electron chi connectivity index (χ2n) is 4.68. The number of hydrogen-bond donors (Lipinski definition) is 2. The van der Waals surface area contributed by atoms with Crippen molar-refractivity contribution in [1.82, 2.24) is 15.3 Å². The number of aromatic nitrogens is 2. The summed E-state index contributed by atoms with van der Waals surface area (Å²) in [6.07, 6.45) is 4.50. The fraction of sp³-hybridized carbons (Fsp3) is 0.0625. The van der Waals surface area contributed by atoms with Crippen molar-refractivity contribution in [3.05, 3.63) is 71.0 Å². The molecular weight excluding hydrogens is 360 g/mol. The Hall–Kier alpha value is -2.67. The van der Waals surface area contributed by atoms with Gasteiger partial charge < -0.3 is 15.1 Å². The Morgan fingerprint density at radius 3 is 2.78 bits per heavy atom. The highest BCUT2D eigenvalue weighted by atomic mass is 79.9. The molecule has 0 atom stereocenters. The molecule has 0 saturated heterocycles. The zero-order valence-corrected chi connectivity index (χ0v) is 13.6. The van der Waals surface area contributed by atoms with Crippen molar-refractivity contribution in [2.75, 3.05) is 5.32 Å². The zero-order chi connectivity index (χ0) is 16.1. The van der Waals surface area contributed by atoms with Crippen LogP contribution in [0.15, 0.2) is 63.9 Å². The summed E-state index contributed by atoms with van der Waals surface area (Å²) < 4.78 is 6.11. The summed E-state index contributed by atoms with van der Waals surface area (Å²) in [6, 6.07) is 11.2. The van der Waals surface area contributed by atoms with Crippen LogP contribution >= 0.6 is 15.9 Å². The molecule has 3 aromatic rings. The van der Waals surface area contributed by atoms with Crippen LogP contribution in [0.3, 0.4) is 0 Å². The van der Waals surface area contributed by atoms with E-state index in [1.807, 2.05) is 24.3 Å². The van der Waals surface area contributed by atoms with Gasteiger partial charge in [-0.3, -0.25) is 4.79 Å². The number of furan rings is 1. The average molecular weight is 373 g/mol. The summed E-state index contributed by atoms with van der Waals surface area (Å²) in [5, 5.41) is 5.83. The van der Waals surface area contributed by atoms with Crippen molar-refractivity contribution in [2.45, 2.75) is 6.54 Å². The minimum absolute atomic E-state index is 0.247. The van der Waals surface area contributed by atoms with E-state index in [2.05, 4.69) is 36.5 Å². The van der Waals surface area contributed by atoms with E-state index in [1.54, 1.807) is 18.4 Å². The van der Waals surface area contributed by atoms with Gasteiger partial charge in [0.25, 0.3) is 5.91 Å². The number of hydrogen-bond acceptors (Lipinski definition) is 5. The molecule has 0 unspecified atom stereocenters. The predicted molar refractivity (Wildman–Crippen MR) is 89.3 cm³/mol. The number of carbonyl (C=O) groups excluding carboxylic acids is 1. The monoisotopic (exact) mass is 372 g/mol. The molecule has 0 radical (unpaired) electrons. The van der Waals surface area contributed by atoms with Gasteiger partial charge in [-0.1, -0.05) is 22.0 Å². The Labute approximate surface area is 141 Å². The lowest BCUT2D eigenvalue weighted by atomic mass is 10.3. The average Bonchev–Trinajstić information content (AvgIpc) is 3.07. The first-order valence-corrected chi connectivity index (χ1v) is 7.65. The topological polar surface area (TPSA) is 80.0 Å². The lowest BCUT2D eigenvalue weighted by Gasteiger charge is -2.06. The number of halogens is 1. The fourth-order valence-electron chi connectivity index (χ4n) is 1.90. The Kier molecular flexibility index (Phi) is 4.68. The summed E-state index contributed by atoms with van der Waals surface area (Å²) in [4.78, 5) is 20.3. The van der Waals surface area contributed by atoms with Crippen molar-refractivity contribution >= 4 is 33.3 Å². The minimum atomic E-state index is -0.303. The van der Waals surface area contributed by atoms with Crippen LogP contribution in [0.5, 0.6) is 0 Å². The molecule has 0 aliphatic heterocycles. The number of anilines is 2. The van der Waals surface area contributed by atoms with E-state index < -0.39 is 0 Å². The maximum atomic E-state index is 12.0. The molecule has 2 N–H and O–H groups in total. The van der Waals surface area contributed by atoms with Crippen molar-refractivity contribution in [2.24, 2.45) is 0 Å². The Bertz CT molecular complexity index is 788. The highest BCUT2D eigenvalue weighted by Crippen LogP contribution is 2.18. The van der Waals surface area contributed by atoms with Crippen LogP contribution in [0.4, 0.5) is 11.5 Å². The van der Waals surface area contributed by atoms with E-state index in [0.717, 1.165) is 10.2 Å². The SMILES string of the molecule is O=C(NCc1ccco1)c1cnc(Nc2cccc(Br)c2)cn1. The fourth-order valence-corrected chi connectivity index (χ4v) is 2.29. The third kappa shape index (κ3) is 4.17. The summed E-state index contributed by atoms with van der Waals surface area (Å²) in [5.41, 5.74) is 1.13. The van der Waals surface area contributed by atoms with Gasteiger partial charge in [0, 0.05) is 10.2 Å². The molecule has 2 aromatic heterocycles. The lowest BCUT2D eigenvalue weighted by molar-refractivity contribution is 0.0942. The van der Waals surface area contributed by atoms with Crippen LogP contribution in [0, 0.1) is 0 Å². The molecule has 0 fully saturated rings. The van der Waals surface area contributed by atoms with E-state index in [-0.39, 0.29) is 11.6 Å². The third-order valence-electron chi connectivity index (χ3n) is 2.98. The number of benzene rings is 1. The summed E-state index contributed by atoms with van der Waals surface area (Å²) in [7, 11) is 0. The van der Waals surface area contributed by atoms with Crippen molar-refractivity contribution in [3.63, 3.8) is 0 Å². The molecule has 1 aromatic carbocycles. The summed E-state index contributed by atoms with van der Waals surface area (Å²) in [6.45, 7) is 0.311. The molecule has 23 heavy (non-hydrogen) atoms. The Morgan fingerprint density at radius 2 is 2.09 bits per heavy atom. The van der Waals surface area contributed by atoms with E-state index in [0.29, 0.717) is 18.1 Å². The van der Waals surface area contributed by atoms with Crippen molar-refractivity contribution in [3.8, 4) is 0 Å². The highest BCUT2D eigenvalue weighted by molar-refractivity contribution is 9.10. The van der Waals surface area contributed by atoms with Gasteiger partial charge in [0.05, 0.1) is 25.2 Å². The molecule has 0 aliphatic rings. The Balaban J connectivity index is 1.61. The highest BCUT2D eigenvalue weighted by Gasteiger charge is 2.08. The normalized spacial score (nSPS) is 10.3. The quantitative estimate of drug-likeness (QED) is 0.716. The second-order valence-corrected chi connectivity index (χ2v) is 5.60. The number of nitrogens with one attached hydrogen (secondary N) is 2. The minimum Gasteiger partial charge on any atom is -0.467 e. The molecule has 0 bridgehead atoms. The third-order valence-corrected chi connectivity index (χ3v) is 3.48. The number of rotatable bonds is 5. The molecule has 1 amide bonds. The second kappa shape index (κ2) is 7.06. The van der Waals surface area contributed by atoms with Crippen molar-refractivity contribution < 1.29 is 9.21 Å². The van der Waals surface area contributed by atoms with Crippen LogP contribution in [0.2, 0.25) is 0 Å². The van der Waals surface area contributed by atoms with Gasteiger partial charge >= 0.3 is 0 Å². The van der Waals surface area contributed by atoms with Crippen LogP contribution in [-0.2, 0) is 6.54 Å². The van der Waals surface area contributed by atoms with Gasteiger partial charge in [-0.05, 0) is 30.3 Å². The largest absolute Gasteiger partial charge is 0.467 e. The summed E-state index contributed by atoms with van der Waals surface area (Å²) in [5.74, 6) is 0.938. The molecule has 116 valence electrons. The van der Waals surface area contributed by atoms with Crippen LogP contribution < -0.4 is 10.6 Å². The smallest absolute Gasteiger partial charge is 0.271 e. The first-order valence-electron chi connectivity index (χ1n) is 6.86. The molecule has 0 saturated carbocycles. The molecular formula is C16H13BrN4O2. The first-order chi connectivity index (χ1) is 11.2. The number of nitrogens with zero attached hydrogens (tertiary/aromatic N) is 2. The van der Waals surface area contributed by atoms with Crippen LogP contribution in [-0.4, -0.2) is 15.9 Å². The molecule has 7 heteroatoms. The maximum absolute atomic E-state index is 12.0. The number of carbonyl (C=O) groups is 1. The zero-order valence-electron chi connectivity index (χ0n) is 12.0. The number of amides is 1. The van der Waals surface area contributed by atoms with Gasteiger partial charge in [-0.2, -0.15) is 0 Å². The molecule has 3 rings (SSSR count). The van der Waals surface area contributed by atoms with Gasteiger partial charge in [-0.25, -0.2) is 9.97 Å². The van der Waals surface area contributed by atoms with Gasteiger partial charge in [0.2, 0.25) is 0 Å². The van der Waals surface area contributed by atoms with E-state index in [1.165, 1.54) is 12.4 Å². The van der Waals surface area contributed by atoms with E-state index >= 15 is 0 Å². The molecule has 6 nitrogen and oxygen atoms in total. The van der Waals surface area contributed by atoms with E-state index in [4.69, 9.17) is 4.42 Å². The Morgan fingerprint density at radius 1 is 1.17 bits per heavy atom. The maximum Gasteiger partial charge on any atom is 0.271 e. The first kappa shape index (κ1) is 15.2. The van der Waals surface area contributed by atoms with E-state index in [9.17, 15) is 4.79 Å². The van der Waals surface area contributed by atoms with Crippen molar-refractivity contribution in [1.29, 1.82) is 0 Å². The van der Waals surface area contributed by atoms with Crippen LogP contribution in [0.25, 0.3) is 0 Å². The molecule has 0 aliphatic carbocycles. The van der Waals surface area contributed by atoms with Gasteiger partial charge in [-0.15, -0.1) is 0 Å². The standard InChI is InChI=1S/C16H13BrN4O2/c17-11-3-1-4-12(7-11)21-15-10-18-14(9-19-15)16(22)20-8-13-5-2-6-23-13/h1-7,9-10H,8H2,(H,19,21)(H,20,22). The van der Waals surface area contributed by atoms with Gasteiger partial charge in [0.1, 0.15) is 17.3 Å². The lowest BCUT2D eigenvalue weighted by Crippen LogP contribution is -2.23. The molecule has 2 heterocycles. The molecule has 0 spiro atoms. The van der Waals surface area contributed by atoms with Gasteiger partial charge in [0.15, 0.2) is 0 Å². The van der Waals surface area contributed by atoms with Crippen LogP contribution in [0.1, 0.15) is 16.2 Å². The summed E-state index contributed by atoms with van der Waals surface area (Å²) >= 11 is 3.40. The predicted octanol–water partition coefficient (Wildman–Crippen LogP) is 3.51.